The van der Waals surface area contributed by atoms with Crippen LogP contribution in [-0.2, 0) is 6.42 Å². The number of hydrogen-bond donors (Lipinski definition) is 2. The third-order valence-corrected chi connectivity index (χ3v) is 5.19. The first-order chi connectivity index (χ1) is 14.8. The first-order valence-corrected chi connectivity index (χ1v) is 10.6. The van der Waals surface area contributed by atoms with Crippen LogP contribution in [0.1, 0.15) is 25.3 Å². The van der Waals surface area contributed by atoms with Crippen LogP contribution in [0.3, 0.4) is 0 Å². The van der Waals surface area contributed by atoms with Gasteiger partial charge in [-0.25, -0.2) is 0 Å². The lowest BCUT2D eigenvalue weighted by molar-refractivity contribution is 0.340. The molecule has 3 N–H and O–H groups in total. The van der Waals surface area contributed by atoms with Gasteiger partial charge in [-0.05, 0) is 98.5 Å². The average molecular weight is 401 g/mol. The Hall–Kier alpha value is -3.24. The predicted molar refractivity (Wildman–Crippen MR) is 123 cm³/mol. The SMILES string of the molecule is CCOc1ccc(-c2[nH]c3ccc(Oc4ccccc4)cc3c2CCCCN)cc1. The highest BCUT2D eigenvalue weighted by Crippen LogP contribution is 2.35. The van der Waals surface area contributed by atoms with Crippen molar-refractivity contribution in [2.45, 2.75) is 26.2 Å². The molecule has 4 aromatic rings. The van der Waals surface area contributed by atoms with E-state index in [2.05, 4.69) is 29.2 Å². The van der Waals surface area contributed by atoms with Crippen LogP contribution in [-0.4, -0.2) is 18.1 Å². The van der Waals surface area contributed by atoms with Gasteiger partial charge in [0.2, 0.25) is 0 Å². The van der Waals surface area contributed by atoms with Crippen molar-refractivity contribution in [1.82, 2.24) is 4.98 Å². The molecular weight excluding hydrogens is 372 g/mol. The summed E-state index contributed by atoms with van der Waals surface area (Å²) in [6.45, 7) is 3.37. The maximum absolute atomic E-state index is 6.07. The topological polar surface area (TPSA) is 60.3 Å². The van der Waals surface area contributed by atoms with E-state index >= 15 is 0 Å². The van der Waals surface area contributed by atoms with Crippen LogP contribution in [0, 0.1) is 0 Å². The predicted octanol–water partition coefficient (Wildman–Crippen LogP) is 6.31. The summed E-state index contributed by atoms with van der Waals surface area (Å²) in [4.78, 5) is 3.62. The van der Waals surface area contributed by atoms with Gasteiger partial charge in [0.25, 0.3) is 0 Å². The molecule has 0 spiro atoms. The Morgan fingerprint density at radius 1 is 0.833 bits per heavy atom. The number of hydrogen-bond acceptors (Lipinski definition) is 3. The number of para-hydroxylation sites is 1. The van der Waals surface area contributed by atoms with E-state index in [1.807, 2.05) is 55.5 Å². The molecule has 4 nitrogen and oxygen atoms in total. The highest BCUT2D eigenvalue weighted by Gasteiger charge is 2.14. The second-order valence-electron chi connectivity index (χ2n) is 7.30. The van der Waals surface area contributed by atoms with Crippen molar-refractivity contribution in [2.24, 2.45) is 5.73 Å². The molecule has 0 saturated heterocycles. The standard InChI is InChI=1S/C26H28N2O2/c1-2-29-20-13-11-19(12-14-20)26-23(10-6-7-17-27)24-18-22(15-16-25(24)28-26)30-21-8-4-3-5-9-21/h3-5,8-9,11-16,18,28H,2,6-7,10,17,27H2,1H3. The van der Waals surface area contributed by atoms with Crippen LogP contribution in [0.5, 0.6) is 17.2 Å². The quantitative estimate of drug-likeness (QED) is 0.324. The molecule has 0 bridgehead atoms. The Bertz CT molecular complexity index is 1090. The Kier molecular flexibility index (Phi) is 6.35. The molecule has 30 heavy (non-hydrogen) atoms. The Labute approximate surface area is 177 Å². The number of aryl methyl sites for hydroxylation is 1. The number of aromatic nitrogens is 1. The fourth-order valence-corrected chi connectivity index (χ4v) is 3.75. The van der Waals surface area contributed by atoms with Gasteiger partial charge in [0.05, 0.1) is 6.61 Å². The molecule has 0 radical (unpaired) electrons. The molecule has 0 aliphatic heterocycles. The largest absolute Gasteiger partial charge is 0.494 e. The smallest absolute Gasteiger partial charge is 0.128 e. The van der Waals surface area contributed by atoms with Crippen LogP contribution in [0.25, 0.3) is 22.2 Å². The number of rotatable bonds is 9. The minimum atomic E-state index is 0.667. The molecule has 154 valence electrons. The lowest BCUT2D eigenvalue weighted by Gasteiger charge is -2.08. The number of unbranched alkanes of at least 4 members (excludes halogenated alkanes) is 1. The number of ether oxygens (including phenoxy) is 2. The van der Waals surface area contributed by atoms with E-state index in [0.717, 1.165) is 53.3 Å². The van der Waals surface area contributed by atoms with E-state index in [1.165, 1.54) is 10.9 Å². The van der Waals surface area contributed by atoms with Gasteiger partial charge in [-0.2, -0.15) is 0 Å². The van der Waals surface area contributed by atoms with Crippen molar-refractivity contribution >= 4 is 10.9 Å². The fraction of sp³-hybridized carbons (Fsp3) is 0.231. The molecule has 0 atom stereocenters. The number of nitrogens with two attached hydrogens (primary N) is 1. The second kappa shape index (κ2) is 9.51. The Morgan fingerprint density at radius 2 is 1.60 bits per heavy atom. The highest BCUT2D eigenvalue weighted by atomic mass is 16.5. The van der Waals surface area contributed by atoms with Gasteiger partial charge in [0.15, 0.2) is 0 Å². The van der Waals surface area contributed by atoms with Crippen molar-refractivity contribution in [3.8, 4) is 28.5 Å². The normalized spacial score (nSPS) is 11.0. The third-order valence-electron chi connectivity index (χ3n) is 5.19. The second-order valence-corrected chi connectivity index (χ2v) is 7.30. The first kappa shape index (κ1) is 20.0. The summed E-state index contributed by atoms with van der Waals surface area (Å²) in [7, 11) is 0. The van der Waals surface area contributed by atoms with E-state index in [4.69, 9.17) is 15.2 Å². The van der Waals surface area contributed by atoms with Crippen molar-refractivity contribution in [3.05, 3.63) is 78.4 Å². The van der Waals surface area contributed by atoms with Gasteiger partial charge in [-0.3, -0.25) is 0 Å². The van der Waals surface area contributed by atoms with E-state index in [1.54, 1.807) is 0 Å². The Balaban J connectivity index is 1.72. The maximum Gasteiger partial charge on any atom is 0.128 e. The minimum Gasteiger partial charge on any atom is -0.494 e. The average Bonchev–Trinajstić information content (AvgIpc) is 3.13. The lowest BCUT2D eigenvalue weighted by atomic mass is 10.00. The van der Waals surface area contributed by atoms with Crippen LogP contribution < -0.4 is 15.2 Å². The van der Waals surface area contributed by atoms with Gasteiger partial charge < -0.3 is 20.2 Å². The monoisotopic (exact) mass is 400 g/mol. The molecule has 0 unspecified atom stereocenters. The van der Waals surface area contributed by atoms with Crippen molar-refractivity contribution < 1.29 is 9.47 Å². The molecule has 3 aromatic carbocycles. The summed E-state index contributed by atoms with van der Waals surface area (Å²) in [6, 6.07) is 24.4. The van der Waals surface area contributed by atoms with Crippen molar-refractivity contribution in [1.29, 1.82) is 0 Å². The van der Waals surface area contributed by atoms with Gasteiger partial charge in [0.1, 0.15) is 17.2 Å². The molecule has 0 aliphatic carbocycles. The maximum atomic E-state index is 6.07. The molecule has 0 amide bonds. The van der Waals surface area contributed by atoms with E-state index in [-0.39, 0.29) is 0 Å². The zero-order chi connectivity index (χ0) is 20.8. The number of fused-ring (bicyclic) bond motifs is 1. The Morgan fingerprint density at radius 3 is 2.33 bits per heavy atom. The van der Waals surface area contributed by atoms with Crippen LogP contribution in [0.4, 0.5) is 0 Å². The molecule has 0 fully saturated rings. The summed E-state index contributed by atoms with van der Waals surface area (Å²) in [5.74, 6) is 2.57. The van der Waals surface area contributed by atoms with E-state index < -0.39 is 0 Å². The summed E-state index contributed by atoms with van der Waals surface area (Å²) in [5, 5.41) is 1.20. The van der Waals surface area contributed by atoms with Gasteiger partial charge in [0, 0.05) is 16.6 Å². The molecule has 0 aliphatic rings. The minimum absolute atomic E-state index is 0.667. The highest BCUT2D eigenvalue weighted by molar-refractivity contribution is 5.92. The van der Waals surface area contributed by atoms with E-state index in [9.17, 15) is 0 Å². The van der Waals surface area contributed by atoms with Crippen LogP contribution in [0.2, 0.25) is 0 Å². The third kappa shape index (κ3) is 4.50. The molecular formula is C26H28N2O2. The van der Waals surface area contributed by atoms with Gasteiger partial charge >= 0.3 is 0 Å². The zero-order valence-corrected chi connectivity index (χ0v) is 17.4. The number of H-pyrrole nitrogens is 1. The van der Waals surface area contributed by atoms with Crippen molar-refractivity contribution in [2.75, 3.05) is 13.2 Å². The summed E-state index contributed by atoms with van der Waals surface area (Å²) < 4.78 is 11.7. The molecule has 1 heterocycles. The van der Waals surface area contributed by atoms with E-state index in [0.29, 0.717) is 13.2 Å². The summed E-state index contributed by atoms with van der Waals surface area (Å²) in [5.41, 5.74) is 10.5. The lowest BCUT2D eigenvalue weighted by Crippen LogP contribution is -1.99. The number of benzene rings is 3. The molecule has 1 aromatic heterocycles. The first-order valence-electron chi connectivity index (χ1n) is 10.6. The molecule has 0 saturated carbocycles. The summed E-state index contributed by atoms with van der Waals surface area (Å²) in [6.07, 6.45) is 3.03. The van der Waals surface area contributed by atoms with Crippen molar-refractivity contribution in [3.63, 3.8) is 0 Å². The molecule has 4 rings (SSSR count). The van der Waals surface area contributed by atoms with Crippen LogP contribution >= 0.6 is 0 Å². The number of aromatic amines is 1. The number of nitrogens with one attached hydrogen (secondary N) is 1. The molecule has 4 heteroatoms. The van der Waals surface area contributed by atoms with Gasteiger partial charge in [-0.15, -0.1) is 0 Å². The fourth-order valence-electron chi connectivity index (χ4n) is 3.75. The summed E-state index contributed by atoms with van der Waals surface area (Å²) >= 11 is 0. The zero-order valence-electron chi connectivity index (χ0n) is 17.4. The van der Waals surface area contributed by atoms with Crippen LogP contribution in [0.15, 0.2) is 72.8 Å². The van der Waals surface area contributed by atoms with Gasteiger partial charge in [-0.1, -0.05) is 18.2 Å².